The molecule has 0 amide bonds. The van der Waals surface area contributed by atoms with Crippen molar-refractivity contribution < 1.29 is 9.84 Å². The fourth-order valence-corrected chi connectivity index (χ4v) is 2.63. The van der Waals surface area contributed by atoms with Gasteiger partial charge >= 0.3 is 0 Å². The van der Waals surface area contributed by atoms with Gasteiger partial charge in [-0.2, -0.15) is 0 Å². The van der Waals surface area contributed by atoms with Gasteiger partial charge in [0.05, 0.1) is 13.2 Å². The van der Waals surface area contributed by atoms with Crippen LogP contribution < -0.4 is 10.1 Å². The number of rotatable bonds is 10. The molecule has 0 aliphatic rings. The fourth-order valence-electron chi connectivity index (χ4n) is 2.63. The second kappa shape index (κ2) is 9.06. The van der Waals surface area contributed by atoms with Crippen LogP contribution in [0.4, 0.5) is 0 Å². The summed E-state index contributed by atoms with van der Waals surface area (Å²) in [6.45, 7) is 9.36. The molecule has 0 saturated heterocycles. The standard InChI is InChI=1S/C18H31NO2/c1-5-16-10-6-7-11-17(16)21-13-9-8-12-18(4,14-20)19-15(2)3/h6-7,10-11,15,19-20H,5,8-9,12-14H2,1-4H3. The average molecular weight is 293 g/mol. The van der Waals surface area contributed by atoms with Gasteiger partial charge in [-0.1, -0.05) is 39.0 Å². The maximum atomic E-state index is 9.54. The molecule has 0 bridgehead atoms. The molecule has 1 atom stereocenters. The lowest BCUT2D eigenvalue weighted by atomic mass is 9.95. The van der Waals surface area contributed by atoms with Gasteiger partial charge in [0.2, 0.25) is 0 Å². The predicted molar refractivity (Wildman–Crippen MR) is 88.9 cm³/mol. The van der Waals surface area contributed by atoms with E-state index in [9.17, 15) is 5.11 Å². The van der Waals surface area contributed by atoms with E-state index in [4.69, 9.17) is 4.74 Å². The first-order valence-corrected chi connectivity index (χ1v) is 8.10. The molecule has 0 aliphatic carbocycles. The van der Waals surface area contributed by atoms with Crippen LogP contribution >= 0.6 is 0 Å². The summed E-state index contributed by atoms with van der Waals surface area (Å²) < 4.78 is 5.87. The van der Waals surface area contributed by atoms with Crippen molar-refractivity contribution in [3.63, 3.8) is 0 Å². The zero-order chi connectivity index (χ0) is 15.7. The van der Waals surface area contributed by atoms with E-state index in [2.05, 4.69) is 45.1 Å². The van der Waals surface area contributed by atoms with Gasteiger partial charge in [0.15, 0.2) is 0 Å². The lowest BCUT2D eigenvalue weighted by Crippen LogP contribution is -2.49. The summed E-state index contributed by atoms with van der Waals surface area (Å²) in [6.07, 6.45) is 4.01. The number of nitrogens with one attached hydrogen (secondary N) is 1. The summed E-state index contributed by atoms with van der Waals surface area (Å²) in [6, 6.07) is 8.61. The Kier molecular flexibility index (Phi) is 7.76. The number of para-hydroxylation sites is 1. The number of aryl methyl sites for hydroxylation is 1. The first-order chi connectivity index (χ1) is 10.0. The van der Waals surface area contributed by atoms with Crippen LogP contribution in [0.3, 0.4) is 0 Å². The number of benzene rings is 1. The Bertz CT molecular complexity index is 406. The van der Waals surface area contributed by atoms with Crippen molar-refractivity contribution >= 4 is 0 Å². The third kappa shape index (κ3) is 6.49. The second-order valence-electron chi connectivity index (χ2n) is 6.28. The SMILES string of the molecule is CCc1ccccc1OCCCCC(C)(CO)NC(C)C. The lowest BCUT2D eigenvalue weighted by Gasteiger charge is -2.31. The normalized spacial score (nSPS) is 14.2. The monoisotopic (exact) mass is 293 g/mol. The van der Waals surface area contributed by atoms with Gasteiger partial charge in [-0.05, 0) is 44.2 Å². The first-order valence-electron chi connectivity index (χ1n) is 8.10. The molecule has 0 fully saturated rings. The topological polar surface area (TPSA) is 41.5 Å². The van der Waals surface area contributed by atoms with Crippen LogP contribution in [0.2, 0.25) is 0 Å². The van der Waals surface area contributed by atoms with E-state index in [1.54, 1.807) is 0 Å². The first kappa shape index (κ1) is 18.0. The number of unbranched alkanes of at least 4 members (excludes halogenated alkanes) is 1. The molecule has 3 nitrogen and oxygen atoms in total. The van der Waals surface area contributed by atoms with Crippen LogP contribution in [0.15, 0.2) is 24.3 Å². The van der Waals surface area contributed by atoms with Crippen LogP contribution in [-0.4, -0.2) is 29.9 Å². The van der Waals surface area contributed by atoms with Crippen LogP contribution in [0.5, 0.6) is 5.75 Å². The highest BCUT2D eigenvalue weighted by atomic mass is 16.5. The van der Waals surface area contributed by atoms with Gasteiger partial charge < -0.3 is 15.2 Å². The summed E-state index contributed by atoms with van der Waals surface area (Å²) in [5.41, 5.74) is 1.08. The fraction of sp³-hybridized carbons (Fsp3) is 0.667. The van der Waals surface area contributed by atoms with Gasteiger partial charge in [-0.3, -0.25) is 0 Å². The Hall–Kier alpha value is -1.06. The van der Waals surface area contributed by atoms with Crippen molar-refractivity contribution in [2.75, 3.05) is 13.2 Å². The quantitative estimate of drug-likeness (QED) is 0.648. The molecule has 0 radical (unpaired) electrons. The smallest absolute Gasteiger partial charge is 0.122 e. The number of aliphatic hydroxyl groups excluding tert-OH is 1. The van der Waals surface area contributed by atoms with Gasteiger partial charge in [0, 0.05) is 11.6 Å². The van der Waals surface area contributed by atoms with E-state index in [1.807, 2.05) is 12.1 Å². The largest absolute Gasteiger partial charge is 0.493 e. The molecule has 1 unspecified atom stereocenters. The van der Waals surface area contributed by atoms with Crippen LogP contribution in [0.1, 0.15) is 52.5 Å². The third-order valence-electron chi connectivity index (χ3n) is 3.72. The molecule has 0 heterocycles. The highest BCUT2D eigenvalue weighted by Gasteiger charge is 2.22. The predicted octanol–water partition coefficient (Wildman–Crippen LogP) is 3.55. The summed E-state index contributed by atoms with van der Waals surface area (Å²) in [7, 11) is 0. The van der Waals surface area contributed by atoms with Crippen LogP contribution in [-0.2, 0) is 6.42 Å². The molecule has 1 aromatic carbocycles. The Balaban J connectivity index is 2.31. The van der Waals surface area contributed by atoms with E-state index in [1.165, 1.54) is 5.56 Å². The zero-order valence-electron chi connectivity index (χ0n) is 14.0. The molecule has 0 aliphatic heterocycles. The van der Waals surface area contributed by atoms with Gasteiger partial charge in [0.1, 0.15) is 5.75 Å². The Morgan fingerprint density at radius 3 is 2.57 bits per heavy atom. The number of hydrogen-bond acceptors (Lipinski definition) is 3. The molecule has 2 N–H and O–H groups in total. The maximum absolute atomic E-state index is 9.54. The Morgan fingerprint density at radius 2 is 1.95 bits per heavy atom. The number of aliphatic hydroxyl groups is 1. The van der Waals surface area contributed by atoms with Crippen molar-refractivity contribution in [3.05, 3.63) is 29.8 Å². The molecule has 21 heavy (non-hydrogen) atoms. The van der Waals surface area contributed by atoms with Crippen LogP contribution in [0.25, 0.3) is 0 Å². The summed E-state index contributed by atoms with van der Waals surface area (Å²) in [4.78, 5) is 0. The summed E-state index contributed by atoms with van der Waals surface area (Å²) >= 11 is 0. The zero-order valence-corrected chi connectivity index (χ0v) is 14.0. The van der Waals surface area contributed by atoms with E-state index >= 15 is 0 Å². The minimum atomic E-state index is -0.185. The van der Waals surface area contributed by atoms with Crippen molar-refractivity contribution in [2.45, 2.75) is 65.0 Å². The molecule has 0 spiro atoms. The van der Waals surface area contributed by atoms with E-state index < -0.39 is 0 Å². The Labute approximate surface area is 129 Å². The van der Waals surface area contributed by atoms with Gasteiger partial charge in [0.25, 0.3) is 0 Å². The number of hydrogen-bond donors (Lipinski definition) is 2. The second-order valence-corrected chi connectivity index (χ2v) is 6.28. The molecule has 0 saturated carbocycles. The minimum Gasteiger partial charge on any atom is -0.493 e. The number of ether oxygens (including phenoxy) is 1. The molecule has 3 heteroatoms. The molecular formula is C18H31NO2. The van der Waals surface area contributed by atoms with Gasteiger partial charge in [-0.25, -0.2) is 0 Å². The van der Waals surface area contributed by atoms with E-state index in [-0.39, 0.29) is 12.1 Å². The van der Waals surface area contributed by atoms with Crippen LogP contribution in [0, 0.1) is 0 Å². The Morgan fingerprint density at radius 1 is 1.24 bits per heavy atom. The van der Waals surface area contributed by atoms with Crippen molar-refractivity contribution in [3.8, 4) is 5.75 Å². The third-order valence-corrected chi connectivity index (χ3v) is 3.72. The lowest BCUT2D eigenvalue weighted by molar-refractivity contribution is 0.152. The maximum Gasteiger partial charge on any atom is 0.122 e. The molecule has 0 aromatic heterocycles. The van der Waals surface area contributed by atoms with Crippen molar-refractivity contribution in [1.82, 2.24) is 5.32 Å². The molecule has 1 rings (SSSR count). The average Bonchev–Trinajstić information content (AvgIpc) is 2.46. The highest BCUT2D eigenvalue weighted by Crippen LogP contribution is 2.19. The molecule has 120 valence electrons. The minimum absolute atomic E-state index is 0.171. The van der Waals surface area contributed by atoms with E-state index in [0.29, 0.717) is 6.04 Å². The van der Waals surface area contributed by atoms with Crippen molar-refractivity contribution in [2.24, 2.45) is 0 Å². The van der Waals surface area contributed by atoms with Gasteiger partial charge in [-0.15, -0.1) is 0 Å². The molecular weight excluding hydrogens is 262 g/mol. The van der Waals surface area contributed by atoms with E-state index in [0.717, 1.165) is 38.0 Å². The summed E-state index contributed by atoms with van der Waals surface area (Å²) in [5.74, 6) is 1.00. The highest BCUT2D eigenvalue weighted by molar-refractivity contribution is 5.33. The molecule has 1 aromatic rings. The van der Waals surface area contributed by atoms with Crippen molar-refractivity contribution in [1.29, 1.82) is 0 Å². The summed E-state index contributed by atoms with van der Waals surface area (Å²) in [5, 5.41) is 13.0.